The lowest BCUT2D eigenvalue weighted by Crippen LogP contribution is -2.07. The molecule has 96 valence electrons. The van der Waals surface area contributed by atoms with Crippen LogP contribution < -0.4 is 0 Å². The van der Waals surface area contributed by atoms with Crippen molar-refractivity contribution in [1.29, 1.82) is 0 Å². The number of carbonyl (C=O) groups is 1. The second-order valence-electron chi connectivity index (χ2n) is 4.95. The second-order valence-corrected chi connectivity index (χ2v) is 4.95. The number of para-hydroxylation sites is 1. The van der Waals surface area contributed by atoms with Crippen LogP contribution in [0, 0.1) is 5.92 Å². The van der Waals surface area contributed by atoms with Gasteiger partial charge in [0.15, 0.2) is 0 Å². The van der Waals surface area contributed by atoms with Crippen molar-refractivity contribution in [3.8, 4) is 0 Å². The minimum absolute atomic E-state index is 0.0195. The topological polar surface area (TPSA) is 32.9 Å². The Morgan fingerprint density at radius 1 is 1.22 bits per heavy atom. The van der Waals surface area contributed by atoms with Gasteiger partial charge in [-0.15, -0.1) is 0 Å². The number of carbonyl (C=O) groups excluding carboxylic acids is 1. The highest BCUT2D eigenvalue weighted by Gasteiger charge is 2.18. The first kappa shape index (κ1) is 12.9. The highest BCUT2D eigenvalue weighted by atomic mass is 16.1. The van der Waals surface area contributed by atoms with Crippen molar-refractivity contribution in [3.63, 3.8) is 0 Å². The Labute approximate surface area is 108 Å². The van der Waals surface area contributed by atoms with Gasteiger partial charge in [0.1, 0.15) is 6.29 Å². The molecule has 2 rings (SSSR count). The Bertz CT molecular complexity index is 511. The van der Waals surface area contributed by atoms with Crippen molar-refractivity contribution < 1.29 is 4.79 Å². The van der Waals surface area contributed by atoms with Gasteiger partial charge in [0.05, 0.1) is 0 Å². The number of benzene rings is 1. The van der Waals surface area contributed by atoms with E-state index in [1.807, 2.05) is 18.3 Å². The van der Waals surface area contributed by atoms with Crippen molar-refractivity contribution >= 4 is 17.2 Å². The smallest absolute Gasteiger partial charge is 0.127 e. The van der Waals surface area contributed by atoms with Crippen LogP contribution in [0.15, 0.2) is 30.5 Å². The summed E-state index contributed by atoms with van der Waals surface area (Å²) in [6.45, 7) is 4.40. The fourth-order valence-corrected chi connectivity index (χ4v) is 2.64. The Morgan fingerprint density at radius 3 is 2.61 bits per heavy atom. The van der Waals surface area contributed by atoms with E-state index in [0.717, 1.165) is 36.6 Å². The fourth-order valence-electron chi connectivity index (χ4n) is 2.64. The Balaban J connectivity index is 2.29. The molecule has 2 aromatic rings. The first-order chi connectivity index (χ1) is 8.80. The zero-order valence-electron chi connectivity index (χ0n) is 11.1. The second kappa shape index (κ2) is 5.85. The van der Waals surface area contributed by atoms with E-state index in [9.17, 15) is 4.79 Å². The maximum Gasteiger partial charge on any atom is 0.127 e. The average molecular weight is 243 g/mol. The van der Waals surface area contributed by atoms with Crippen LogP contribution >= 0.6 is 0 Å². The quantitative estimate of drug-likeness (QED) is 0.755. The lowest BCUT2D eigenvalue weighted by atomic mass is 9.87. The van der Waals surface area contributed by atoms with E-state index >= 15 is 0 Å². The van der Waals surface area contributed by atoms with Crippen molar-refractivity contribution in [3.05, 3.63) is 36.0 Å². The zero-order chi connectivity index (χ0) is 13.0. The van der Waals surface area contributed by atoms with Crippen LogP contribution in [-0.4, -0.2) is 11.3 Å². The molecule has 2 heteroatoms. The van der Waals surface area contributed by atoms with Crippen LogP contribution in [0.5, 0.6) is 0 Å². The molecule has 18 heavy (non-hydrogen) atoms. The third-order valence-corrected chi connectivity index (χ3v) is 3.93. The molecule has 0 aliphatic heterocycles. The van der Waals surface area contributed by atoms with E-state index in [1.54, 1.807) is 0 Å². The molecule has 0 amide bonds. The standard InChI is InChI=1S/C16H21NO/c1-3-12(4-2)9-13(11-18)15-10-17-16-8-6-5-7-14(15)16/h5-8,10-13,17H,3-4,9H2,1-2H3. The number of hydrogen-bond acceptors (Lipinski definition) is 1. The summed E-state index contributed by atoms with van der Waals surface area (Å²) in [7, 11) is 0. The zero-order valence-corrected chi connectivity index (χ0v) is 11.1. The summed E-state index contributed by atoms with van der Waals surface area (Å²) < 4.78 is 0. The molecule has 1 unspecified atom stereocenters. The molecule has 0 spiro atoms. The fraction of sp³-hybridized carbons (Fsp3) is 0.438. The highest BCUT2D eigenvalue weighted by Crippen LogP contribution is 2.30. The first-order valence-electron chi connectivity index (χ1n) is 6.81. The Kier molecular flexibility index (Phi) is 4.19. The van der Waals surface area contributed by atoms with Gasteiger partial charge in [-0.2, -0.15) is 0 Å². The van der Waals surface area contributed by atoms with Crippen LogP contribution in [-0.2, 0) is 4.79 Å². The molecule has 1 N–H and O–H groups in total. The number of hydrogen-bond donors (Lipinski definition) is 1. The first-order valence-corrected chi connectivity index (χ1v) is 6.81. The molecule has 0 aliphatic carbocycles. The minimum atomic E-state index is 0.0195. The maximum absolute atomic E-state index is 11.4. The third kappa shape index (κ3) is 2.47. The predicted octanol–water partition coefficient (Wildman–Crippen LogP) is 4.28. The molecule has 0 aliphatic rings. The molecular formula is C16H21NO. The number of aromatic nitrogens is 1. The molecule has 2 nitrogen and oxygen atoms in total. The number of rotatable bonds is 6. The molecule has 0 fully saturated rings. The van der Waals surface area contributed by atoms with E-state index in [-0.39, 0.29) is 5.92 Å². The van der Waals surface area contributed by atoms with Crippen LogP contribution in [0.2, 0.25) is 0 Å². The predicted molar refractivity (Wildman–Crippen MR) is 75.8 cm³/mol. The molecule has 1 aromatic heterocycles. The molecule has 1 aromatic carbocycles. The Hall–Kier alpha value is -1.57. The van der Waals surface area contributed by atoms with Crippen molar-refractivity contribution in [1.82, 2.24) is 4.98 Å². The van der Waals surface area contributed by atoms with Gasteiger partial charge in [-0.3, -0.25) is 0 Å². The summed E-state index contributed by atoms with van der Waals surface area (Å²) >= 11 is 0. The van der Waals surface area contributed by atoms with E-state index in [2.05, 4.69) is 31.0 Å². The summed E-state index contributed by atoms with van der Waals surface area (Å²) in [4.78, 5) is 14.7. The van der Waals surface area contributed by atoms with Crippen LogP contribution in [0.25, 0.3) is 10.9 Å². The van der Waals surface area contributed by atoms with E-state index < -0.39 is 0 Å². The summed E-state index contributed by atoms with van der Waals surface area (Å²) in [5, 5.41) is 1.18. The maximum atomic E-state index is 11.4. The Morgan fingerprint density at radius 2 is 1.94 bits per heavy atom. The molecule has 0 saturated carbocycles. The SMILES string of the molecule is CCC(CC)CC(C=O)c1c[nH]c2ccccc12. The van der Waals surface area contributed by atoms with Crippen LogP contribution in [0.3, 0.4) is 0 Å². The number of nitrogens with one attached hydrogen (secondary N) is 1. The van der Waals surface area contributed by atoms with Gasteiger partial charge in [-0.05, 0) is 24.0 Å². The number of aldehydes is 1. The van der Waals surface area contributed by atoms with E-state index in [1.165, 1.54) is 5.39 Å². The molecular weight excluding hydrogens is 222 g/mol. The van der Waals surface area contributed by atoms with E-state index in [4.69, 9.17) is 0 Å². The largest absolute Gasteiger partial charge is 0.361 e. The molecule has 0 radical (unpaired) electrons. The average Bonchev–Trinajstić information content (AvgIpc) is 2.84. The number of fused-ring (bicyclic) bond motifs is 1. The molecule has 0 bridgehead atoms. The lowest BCUT2D eigenvalue weighted by molar-refractivity contribution is -0.109. The summed E-state index contributed by atoms with van der Waals surface area (Å²) in [5.41, 5.74) is 2.26. The summed E-state index contributed by atoms with van der Waals surface area (Å²) in [6.07, 6.45) is 6.34. The van der Waals surface area contributed by atoms with Crippen LogP contribution in [0.4, 0.5) is 0 Å². The highest BCUT2D eigenvalue weighted by molar-refractivity contribution is 5.86. The third-order valence-electron chi connectivity index (χ3n) is 3.93. The van der Waals surface area contributed by atoms with Gasteiger partial charge in [-0.25, -0.2) is 0 Å². The number of aromatic amines is 1. The normalized spacial score (nSPS) is 13.1. The molecule has 1 atom stereocenters. The number of H-pyrrole nitrogens is 1. The lowest BCUT2D eigenvalue weighted by Gasteiger charge is -2.16. The van der Waals surface area contributed by atoms with Gasteiger partial charge in [-0.1, -0.05) is 44.9 Å². The minimum Gasteiger partial charge on any atom is -0.361 e. The molecule has 1 heterocycles. The van der Waals surface area contributed by atoms with Gasteiger partial charge in [0.25, 0.3) is 0 Å². The van der Waals surface area contributed by atoms with Gasteiger partial charge < -0.3 is 9.78 Å². The van der Waals surface area contributed by atoms with Gasteiger partial charge in [0.2, 0.25) is 0 Å². The monoisotopic (exact) mass is 243 g/mol. The van der Waals surface area contributed by atoms with Crippen molar-refractivity contribution in [2.24, 2.45) is 5.92 Å². The molecule has 0 saturated heterocycles. The van der Waals surface area contributed by atoms with E-state index in [0.29, 0.717) is 5.92 Å². The summed E-state index contributed by atoms with van der Waals surface area (Å²) in [6, 6.07) is 8.18. The van der Waals surface area contributed by atoms with Gasteiger partial charge in [0, 0.05) is 23.0 Å². The van der Waals surface area contributed by atoms with Crippen LogP contribution in [0.1, 0.15) is 44.6 Å². The summed E-state index contributed by atoms with van der Waals surface area (Å²) in [5.74, 6) is 0.653. The van der Waals surface area contributed by atoms with Gasteiger partial charge >= 0.3 is 0 Å². The van der Waals surface area contributed by atoms with Crippen molar-refractivity contribution in [2.45, 2.75) is 39.0 Å². The van der Waals surface area contributed by atoms with Crippen molar-refractivity contribution in [2.75, 3.05) is 0 Å².